The molecule has 1 N–H and O–H groups in total. The minimum absolute atomic E-state index is 0.0686. The smallest absolute Gasteiger partial charge is 0.259 e. The van der Waals surface area contributed by atoms with Gasteiger partial charge in [-0.1, -0.05) is 13.0 Å². The number of aromatic nitrogens is 2. The number of hydrogen-bond donors (Lipinski definition) is 1. The number of H-pyrrole nitrogens is 1. The van der Waals surface area contributed by atoms with Crippen LogP contribution in [0.2, 0.25) is 0 Å². The SMILES string of the molecule is CCSCc1ccc(Oc2ccc(F)cc2F)c(-c2cn(C)c(=O)c3cc[nH]c23)c1. The van der Waals surface area contributed by atoms with Gasteiger partial charge in [-0.3, -0.25) is 4.79 Å². The molecule has 2 heterocycles. The highest BCUT2D eigenvalue weighted by atomic mass is 32.2. The van der Waals surface area contributed by atoms with Gasteiger partial charge in [0.1, 0.15) is 11.6 Å². The number of rotatable bonds is 6. The molecule has 4 rings (SSSR count). The van der Waals surface area contributed by atoms with E-state index in [0.29, 0.717) is 16.7 Å². The van der Waals surface area contributed by atoms with Crippen LogP contribution in [0.15, 0.2) is 59.7 Å². The first-order valence-electron chi connectivity index (χ1n) is 9.48. The van der Waals surface area contributed by atoms with E-state index in [1.165, 1.54) is 10.6 Å². The summed E-state index contributed by atoms with van der Waals surface area (Å²) in [4.78, 5) is 15.6. The summed E-state index contributed by atoms with van der Waals surface area (Å²) in [6.07, 6.45) is 3.45. The Balaban J connectivity index is 1.89. The molecule has 0 saturated carbocycles. The van der Waals surface area contributed by atoms with E-state index in [1.54, 1.807) is 43.3 Å². The molecule has 0 aliphatic rings. The van der Waals surface area contributed by atoms with Crippen LogP contribution >= 0.6 is 11.8 Å². The summed E-state index contributed by atoms with van der Waals surface area (Å²) in [5, 5.41) is 0.558. The van der Waals surface area contributed by atoms with Gasteiger partial charge in [-0.05, 0) is 41.6 Å². The summed E-state index contributed by atoms with van der Waals surface area (Å²) < 4.78 is 34.9. The second kappa shape index (κ2) is 8.36. The minimum Gasteiger partial charge on any atom is -0.454 e. The molecule has 0 fully saturated rings. The van der Waals surface area contributed by atoms with Gasteiger partial charge in [0.25, 0.3) is 5.56 Å². The van der Waals surface area contributed by atoms with Crippen molar-refractivity contribution in [3.8, 4) is 22.6 Å². The second-order valence-corrected chi connectivity index (χ2v) is 8.14. The Morgan fingerprint density at radius 3 is 2.63 bits per heavy atom. The number of aryl methyl sites for hydroxylation is 1. The van der Waals surface area contributed by atoms with Crippen molar-refractivity contribution in [3.05, 3.63) is 82.4 Å². The highest BCUT2D eigenvalue weighted by Crippen LogP contribution is 2.38. The van der Waals surface area contributed by atoms with Crippen LogP contribution in [0.1, 0.15) is 12.5 Å². The van der Waals surface area contributed by atoms with Crippen LogP contribution in [0, 0.1) is 11.6 Å². The molecular formula is C23H20F2N2O2S. The van der Waals surface area contributed by atoms with Crippen LogP contribution in [-0.2, 0) is 12.8 Å². The molecule has 0 saturated heterocycles. The van der Waals surface area contributed by atoms with Crippen LogP contribution < -0.4 is 10.3 Å². The summed E-state index contributed by atoms with van der Waals surface area (Å²) >= 11 is 1.78. The lowest BCUT2D eigenvalue weighted by atomic mass is 10.0. The fourth-order valence-electron chi connectivity index (χ4n) is 3.34. The van der Waals surface area contributed by atoms with Crippen LogP contribution in [-0.4, -0.2) is 15.3 Å². The molecule has 0 radical (unpaired) electrons. The average Bonchev–Trinajstić information content (AvgIpc) is 3.22. The van der Waals surface area contributed by atoms with Gasteiger partial charge in [0.15, 0.2) is 11.6 Å². The van der Waals surface area contributed by atoms with E-state index >= 15 is 0 Å². The fourth-order valence-corrected chi connectivity index (χ4v) is 3.96. The Labute approximate surface area is 176 Å². The van der Waals surface area contributed by atoms with Crippen molar-refractivity contribution < 1.29 is 13.5 Å². The van der Waals surface area contributed by atoms with Crippen molar-refractivity contribution in [1.82, 2.24) is 9.55 Å². The van der Waals surface area contributed by atoms with Gasteiger partial charge in [-0.2, -0.15) is 11.8 Å². The number of nitrogens with zero attached hydrogens (tertiary/aromatic N) is 1. The summed E-state index contributed by atoms with van der Waals surface area (Å²) in [6, 6.07) is 10.6. The maximum absolute atomic E-state index is 14.2. The fraction of sp³-hybridized carbons (Fsp3) is 0.174. The number of nitrogens with one attached hydrogen (secondary N) is 1. The topological polar surface area (TPSA) is 47.0 Å². The van der Waals surface area contributed by atoms with Crippen molar-refractivity contribution >= 4 is 22.7 Å². The molecule has 4 nitrogen and oxygen atoms in total. The molecule has 30 heavy (non-hydrogen) atoms. The maximum Gasteiger partial charge on any atom is 0.259 e. The van der Waals surface area contributed by atoms with Crippen molar-refractivity contribution in [2.75, 3.05) is 5.75 Å². The molecule has 0 aliphatic heterocycles. The van der Waals surface area contributed by atoms with E-state index in [9.17, 15) is 13.6 Å². The standard InChI is InChI=1S/C23H20F2N2O2S/c1-3-30-13-14-4-6-20(29-21-7-5-15(24)11-19(21)25)17(10-14)18-12-27(2)23(28)16-8-9-26-22(16)18/h4-12,26H,3,13H2,1-2H3. The quantitative estimate of drug-likeness (QED) is 0.420. The molecule has 0 spiro atoms. The van der Waals surface area contributed by atoms with Gasteiger partial charge in [0, 0.05) is 42.4 Å². The Hall–Kier alpha value is -3.06. The zero-order valence-corrected chi connectivity index (χ0v) is 17.4. The van der Waals surface area contributed by atoms with E-state index in [-0.39, 0.29) is 11.3 Å². The van der Waals surface area contributed by atoms with Crippen molar-refractivity contribution in [2.45, 2.75) is 12.7 Å². The molecule has 0 aliphatic carbocycles. The third-order valence-electron chi connectivity index (χ3n) is 4.81. The monoisotopic (exact) mass is 426 g/mol. The number of fused-ring (bicyclic) bond motifs is 1. The molecule has 2 aromatic carbocycles. The zero-order chi connectivity index (χ0) is 21.3. The highest BCUT2D eigenvalue weighted by molar-refractivity contribution is 7.98. The third-order valence-corrected chi connectivity index (χ3v) is 5.76. The Bertz CT molecular complexity index is 1280. The average molecular weight is 426 g/mol. The van der Waals surface area contributed by atoms with Crippen molar-refractivity contribution in [2.24, 2.45) is 7.05 Å². The number of pyridine rings is 1. The number of aromatic amines is 1. The molecule has 2 aromatic heterocycles. The normalized spacial score (nSPS) is 11.2. The Morgan fingerprint density at radius 2 is 1.87 bits per heavy atom. The molecule has 0 unspecified atom stereocenters. The number of benzene rings is 2. The first-order chi connectivity index (χ1) is 14.5. The largest absolute Gasteiger partial charge is 0.454 e. The number of hydrogen-bond acceptors (Lipinski definition) is 3. The summed E-state index contributed by atoms with van der Waals surface area (Å²) in [6.45, 7) is 2.09. The summed E-state index contributed by atoms with van der Waals surface area (Å²) in [5.41, 5.74) is 3.13. The second-order valence-electron chi connectivity index (χ2n) is 6.87. The zero-order valence-electron chi connectivity index (χ0n) is 16.5. The van der Waals surface area contributed by atoms with E-state index in [4.69, 9.17) is 4.74 Å². The molecule has 0 atom stereocenters. The molecule has 154 valence electrons. The van der Waals surface area contributed by atoms with Gasteiger partial charge in [-0.25, -0.2) is 8.78 Å². The number of halogens is 2. The predicted molar refractivity (Wildman–Crippen MR) is 117 cm³/mol. The lowest BCUT2D eigenvalue weighted by Gasteiger charge is -2.15. The summed E-state index contributed by atoms with van der Waals surface area (Å²) in [7, 11) is 1.69. The number of thioether (sulfide) groups is 1. The molecule has 7 heteroatoms. The lowest BCUT2D eigenvalue weighted by Crippen LogP contribution is -2.16. The highest BCUT2D eigenvalue weighted by Gasteiger charge is 2.17. The number of ether oxygens (including phenoxy) is 1. The minimum atomic E-state index is -0.781. The van der Waals surface area contributed by atoms with Crippen LogP contribution in [0.4, 0.5) is 8.78 Å². The van der Waals surface area contributed by atoms with Crippen LogP contribution in [0.5, 0.6) is 11.5 Å². The van der Waals surface area contributed by atoms with Crippen LogP contribution in [0.3, 0.4) is 0 Å². The summed E-state index contributed by atoms with van der Waals surface area (Å²) in [5.74, 6) is 0.694. The van der Waals surface area contributed by atoms with Gasteiger partial charge in [-0.15, -0.1) is 0 Å². The van der Waals surface area contributed by atoms with Crippen molar-refractivity contribution in [3.63, 3.8) is 0 Å². The van der Waals surface area contributed by atoms with Crippen molar-refractivity contribution in [1.29, 1.82) is 0 Å². The van der Waals surface area contributed by atoms with E-state index in [0.717, 1.165) is 40.3 Å². The maximum atomic E-state index is 14.2. The van der Waals surface area contributed by atoms with E-state index < -0.39 is 11.6 Å². The lowest BCUT2D eigenvalue weighted by molar-refractivity contribution is 0.439. The molecule has 0 amide bonds. The Morgan fingerprint density at radius 1 is 1.07 bits per heavy atom. The Kier molecular flexibility index (Phi) is 5.63. The first-order valence-corrected chi connectivity index (χ1v) is 10.6. The predicted octanol–water partition coefficient (Wildman–Crippen LogP) is 5.86. The van der Waals surface area contributed by atoms with E-state index in [2.05, 4.69) is 11.9 Å². The van der Waals surface area contributed by atoms with Gasteiger partial charge >= 0.3 is 0 Å². The van der Waals surface area contributed by atoms with Gasteiger partial charge in [0.2, 0.25) is 0 Å². The van der Waals surface area contributed by atoms with Crippen LogP contribution in [0.25, 0.3) is 22.0 Å². The molecule has 0 bridgehead atoms. The van der Waals surface area contributed by atoms with Gasteiger partial charge < -0.3 is 14.3 Å². The molecule has 4 aromatic rings. The van der Waals surface area contributed by atoms with E-state index in [1.807, 2.05) is 12.1 Å². The molecular weight excluding hydrogens is 406 g/mol. The first kappa shape index (κ1) is 20.2. The van der Waals surface area contributed by atoms with Gasteiger partial charge in [0.05, 0.1) is 10.9 Å². The third kappa shape index (κ3) is 3.85.